The highest BCUT2D eigenvalue weighted by Gasteiger charge is 1.95. The van der Waals surface area contributed by atoms with Gasteiger partial charge in [-0.3, -0.25) is 0 Å². The molecule has 0 aliphatic carbocycles. The highest BCUT2D eigenvalue weighted by Crippen LogP contribution is 2.17. The van der Waals surface area contributed by atoms with Crippen molar-refractivity contribution in [2.45, 2.75) is 45.4 Å². The van der Waals surface area contributed by atoms with Crippen LogP contribution in [0.5, 0.6) is 11.5 Å². The number of rotatable bonds is 11. The van der Waals surface area contributed by atoms with Gasteiger partial charge in [0.05, 0.1) is 13.7 Å². The summed E-state index contributed by atoms with van der Waals surface area (Å²) in [4.78, 5) is 0. The normalized spacial score (nSPS) is 11.0. The molecule has 25 heavy (non-hydrogen) atoms. The van der Waals surface area contributed by atoms with Crippen LogP contribution in [0.3, 0.4) is 0 Å². The fraction of sp³-hybridized carbons (Fsp3) is 0.391. The Morgan fingerprint density at radius 1 is 0.680 bits per heavy atom. The van der Waals surface area contributed by atoms with Crippen LogP contribution >= 0.6 is 0 Å². The first-order valence-corrected chi connectivity index (χ1v) is 9.37. The first-order chi connectivity index (χ1) is 12.3. The van der Waals surface area contributed by atoms with Crippen LogP contribution in [0.25, 0.3) is 12.2 Å². The molecule has 0 heterocycles. The summed E-state index contributed by atoms with van der Waals surface area (Å²) in [6, 6.07) is 16.3. The van der Waals surface area contributed by atoms with Gasteiger partial charge in [0.2, 0.25) is 0 Å². The Morgan fingerprint density at radius 3 is 1.76 bits per heavy atom. The summed E-state index contributed by atoms with van der Waals surface area (Å²) in [5.41, 5.74) is 2.33. The van der Waals surface area contributed by atoms with Gasteiger partial charge in [0.25, 0.3) is 0 Å². The first kappa shape index (κ1) is 19.1. The highest BCUT2D eigenvalue weighted by molar-refractivity contribution is 5.70. The molecule has 0 amide bonds. The Bertz CT molecular complexity index is 612. The number of benzene rings is 2. The van der Waals surface area contributed by atoms with Crippen molar-refractivity contribution in [1.82, 2.24) is 0 Å². The topological polar surface area (TPSA) is 18.5 Å². The number of ether oxygens (including phenoxy) is 2. The molecule has 0 unspecified atom stereocenters. The molecule has 0 aliphatic rings. The second-order valence-electron chi connectivity index (χ2n) is 6.29. The monoisotopic (exact) mass is 338 g/mol. The minimum Gasteiger partial charge on any atom is -0.497 e. The van der Waals surface area contributed by atoms with Crippen molar-refractivity contribution in [2.75, 3.05) is 13.7 Å². The second-order valence-corrected chi connectivity index (χ2v) is 6.29. The zero-order valence-electron chi connectivity index (χ0n) is 15.5. The van der Waals surface area contributed by atoms with Crippen LogP contribution in [0.4, 0.5) is 0 Å². The van der Waals surface area contributed by atoms with Gasteiger partial charge in [0, 0.05) is 0 Å². The van der Waals surface area contributed by atoms with E-state index in [1.54, 1.807) is 7.11 Å². The Kier molecular flexibility index (Phi) is 8.68. The minimum absolute atomic E-state index is 0.813. The molecule has 2 aromatic rings. The van der Waals surface area contributed by atoms with Crippen LogP contribution in [-0.4, -0.2) is 13.7 Å². The van der Waals surface area contributed by atoms with E-state index in [0.717, 1.165) is 30.1 Å². The quantitative estimate of drug-likeness (QED) is 0.339. The molecule has 0 spiro atoms. The largest absolute Gasteiger partial charge is 0.497 e. The molecule has 0 radical (unpaired) electrons. The van der Waals surface area contributed by atoms with Crippen LogP contribution in [0.15, 0.2) is 48.5 Å². The standard InChI is InChI=1S/C23H30O2/c1-3-4-5-6-7-8-19-25-23-17-13-21(14-18-23)10-9-20-11-15-22(24-2)16-12-20/h9-18H,3-8,19H2,1-2H3. The third-order valence-electron chi connectivity index (χ3n) is 4.23. The first-order valence-electron chi connectivity index (χ1n) is 9.37. The number of hydrogen-bond acceptors (Lipinski definition) is 2. The summed E-state index contributed by atoms with van der Waals surface area (Å²) < 4.78 is 11.0. The van der Waals surface area contributed by atoms with Crippen LogP contribution in [0.2, 0.25) is 0 Å². The van der Waals surface area contributed by atoms with Crippen molar-refractivity contribution in [3.8, 4) is 11.5 Å². The Labute approximate surface area is 152 Å². The molecular weight excluding hydrogens is 308 g/mol. The molecule has 2 heteroatoms. The maximum Gasteiger partial charge on any atom is 0.119 e. The molecule has 0 aromatic heterocycles. The summed E-state index contributed by atoms with van der Waals surface area (Å²) in [7, 11) is 1.68. The third-order valence-corrected chi connectivity index (χ3v) is 4.23. The van der Waals surface area contributed by atoms with Crippen LogP contribution in [-0.2, 0) is 0 Å². The lowest BCUT2D eigenvalue weighted by Crippen LogP contribution is -1.97. The van der Waals surface area contributed by atoms with Gasteiger partial charge in [-0.1, -0.05) is 75.4 Å². The number of methoxy groups -OCH3 is 1. The van der Waals surface area contributed by atoms with Crippen molar-refractivity contribution >= 4 is 12.2 Å². The van der Waals surface area contributed by atoms with Gasteiger partial charge in [-0.05, 0) is 41.8 Å². The van der Waals surface area contributed by atoms with Crippen molar-refractivity contribution in [3.63, 3.8) is 0 Å². The fourth-order valence-corrected chi connectivity index (χ4v) is 2.66. The Hall–Kier alpha value is -2.22. The van der Waals surface area contributed by atoms with Crippen molar-refractivity contribution in [2.24, 2.45) is 0 Å². The minimum atomic E-state index is 0.813. The van der Waals surface area contributed by atoms with E-state index in [1.807, 2.05) is 36.4 Å². The lowest BCUT2D eigenvalue weighted by atomic mass is 10.1. The molecule has 0 saturated heterocycles. The summed E-state index contributed by atoms with van der Waals surface area (Å²) in [5, 5.41) is 0. The van der Waals surface area contributed by atoms with E-state index in [2.05, 4.69) is 31.2 Å². The van der Waals surface area contributed by atoms with Gasteiger partial charge in [0.1, 0.15) is 11.5 Å². The Morgan fingerprint density at radius 2 is 1.20 bits per heavy atom. The van der Waals surface area contributed by atoms with E-state index in [9.17, 15) is 0 Å². The van der Waals surface area contributed by atoms with E-state index in [0.29, 0.717) is 0 Å². The van der Waals surface area contributed by atoms with E-state index >= 15 is 0 Å². The molecule has 134 valence electrons. The lowest BCUT2D eigenvalue weighted by Gasteiger charge is -2.06. The molecule has 2 nitrogen and oxygen atoms in total. The van der Waals surface area contributed by atoms with E-state index < -0.39 is 0 Å². The zero-order valence-corrected chi connectivity index (χ0v) is 15.5. The molecule has 0 aliphatic heterocycles. The predicted octanol–water partition coefficient (Wildman–Crippen LogP) is 6.60. The average molecular weight is 338 g/mol. The molecule has 0 atom stereocenters. The maximum absolute atomic E-state index is 5.82. The number of hydrogen-bond donors (Lipinski definition) is 0. The maximum atomic E-state index is 5.82. The molecule has 0 fully saturated rings. The van der Waals surface area contributed by atoms with Crippen LogP contribution in [0, 0.1) is 0 Å². The summed E-state index contributed by atoms with van der Waals surface area (Å²) in [6.45, 7) is 3.06. The number of unbranched alkanes of at least 4 members (excludes halogenated alkanes) is 5. The van der Waals surface area contributed by atoms with E-state index in [4.69, 9.17) is 9.47 Å². The highest BCUT2D eigenvalue weighted by atomic mass is 16.5. The smallest absolute Gasteiger partial charge is 0.119 e. The SMILES string of the molecule is CCCCCCCCOc1ccc(C=Cc2ccc(OC)cc2)cc1. The van der Waals surface area contributed by atoms with E-state index in [1.165, 1.54) is 37.7 Å². The van der Waals surface area contributed by atoms with Gasteiger partial charge in [-0.2, -0.15) is 0 Å². The van der Waals surface area contributed by atoms with Crippen LogP contribution < -0.4 is 9.47 Å². The van der Waals surface area contributed by atoms with Crippen molar-refractivity contribution < 1.29 is 9.47 Å². The molecule has 2 aromatic carbocycles. The summed E-state index contributed by atoms with van der Waals surface area (Å²) in [5.74, 6) is 1.83. The summed E-state index contributed by atoms with van der Waals surface area (Å²) >= 11 is 0. The average Bonchev–Trinajstić information content (AvgIpc) is 2.67. The molecule has 0 N–H and O–H groups in total. The zero-order chi connectivity index (χ0) is 17.7. The van der Waals surface area contributed by atoms with E-state index in [-0.39, 0.29) is 0 Å². The summed E-state index contributed by atoms with van der Waals surface area (Å²) in [6.07, 6.45) is 12.0. The van der Waals surface area contributed by atoms with Crippen molar-refractivity contribution in [1.29, 1.82) is 0 Å². The van der Waals surface area contributed by atoms with Gasteiger partial charge in [0.15, 0.2) is 0 Å². The molecule has 2 rings (SSSR count). The Balaban J connectivity index is 1.72. The third kappa shape index (κ3) is 7.47. The molecule has 0 saturated carbocycles. The van der Waals surface area contributed by atoms with Gasteiger partial charge < -0.3 is 9.47 Å². The fourth-order valence-electron chi connectivity index (χ4n) is 2.66. The van der Waals surface area contributed by atoms with Crippen LogP contribution in [0.1, 0.15) is 56.6 Å². The molecular formula is C23H30O2. The van der Waals surface area contributed by atoms with Gasteiger partial charge in [-0.25, -0.2) is 0 Å². The second kappa shape index (κ2) is 11.4. The van der Waals surface area contributed by atoms with Gasteiger partial charge in [-0.15, -0.1) is 0 Å². The van der Waals surface area contributed by atoms with Gasteiger partial charge >= 0.3 is 0 Å². The molecule has 0 bridgehead atoms. The predicted molar refractivity (Wildman–Crippen MR) is 107 cm³/mol. The van der Waals surface area contributed by atoms with Crippen molar-refractivity contribution in [3.05, 3.63) is 59.7 Å². The lowest BCUT2D eigenvalue weighted by molar-refractivity contribution is 0.304.